The number of carbonyl (C=O) groups excluding carboxylic acids is 1. The number of nitriles is 1. The highest BCUT2D eigenvalue weighted by Crippen LogP contribution is 2.23. The van der Waals surface area contributed by atoms with Crippen molar-refractivity contribution in [3.8, 4) is 17.2 Å². The van der Waals surface area contributed by atoms with Crippen molar-refractivity contribution in [2.45, 2.75) is 6.42 Å². The number of aromatic nitrogens is 1. The van der Waals surface area contributed by atoms with E-state index >= 15 is 0 Å². The van der Waals surface area contributed by atoms with Crippen LogP contribution < -0.4 is 10.6 Å². The fourth-order valence-electron chi connectivity index (χ4n) is 2.75. The van der Waals surface area contributed by atoms with Crippen molar-refractivity contribution in [3.63, 3.8) is 0 Å². The normalized spacial score (nSPS) is 10.1. The molecule has 1 aromatic heterocycles. The van der Waals surface area contributed by atoms with Gasteiger partial charge >= 0.3 is 0 Å². The number of nitrogens with zero attached hydrogens (tertiary/aromatic N) is 2. The van der Waals surface area contributed by atoms with Crippen LogP contribution >= 0.6 is 0 Å². The van der Waals surface area contributed by atoms with Crippen LogP contribution in [0.4, 0.5) is 10.1 Å². The van der Waals surface area contributed by atoms with E-state index in [1.54, 1.807) is 42.7 Å². The molecule has 0 aliphatic rings. The second-order valence-electron chi connectivity index (χ2n) is 6.20. The van der Waals surface area contributed by atoms with Crippen LogP contribution in [0.15, 0.2) is 67.0 Å². The van der Waals surface area contributed by atoms with Crippen molar-refractivity contribution >= 4 is 11.6 Å². The van der Waals surface area contributed by atoms with E-state index in [-0.39, 0.29) is 11.5 Å². The van der Waals surface area contributed by atoms with Crippen molar-refractivity contribution in [1.29, 1.82) is 5.26 Å². The molecule has 0 saturated carbocycles. The van der Waals surface area contributed by atoms with Crippen molar-refractivity contribution < 1.29 is 9.18 Å². The minimum absolute atomic E-state index is 0.248. The molecule has 0 bridgehead atoms. The molecule has 0 aliphatic heterocycles. The first-order valence-electron chi connectivity index (χ1n) is 8.89. The van der Waals surface area contributed by atoms with Gasteiger partial charge in [0.1, 0.15) is 5.82 Å². The van der Waals surface area contributed by atoms with Crippen LogP contribution in [0.5, 0.6) is 0 Å². The second kappa shape index (κ2) is 9.28. The van der Waals surface area contributed by atoms with E-state index in [9.17, 15) is 9.18 Å². The van der Waals surface area contributed by atoms with Gasteiger partial charge in [0.15, 0.2) is 0 Å². The van der Waals surface area contributed by atoms with E-state index < -0.39 is 5.82 Å². The molecule has 0 saturated heterocycles. The summed E-state index contributed by atoms with van der Waals surface area (Å²) in [6.45, 7) is 1.14. The SMILES string of the molecule is N#Cc1cccc(-c2cc(F)cc(C(=O)NCCCNc3cccnc3)c2)c1. The molecule has 0 radical (unpaired) electrons. The summed E-state index contributed by atoms with van der Waals surface area (Å²) in [4.78, 5) is 16.4. The van der Waals surface area contributed by atoms with Gasteiger partial charge in [-0.3, -0.25) is 9.78 Å². The van der Waals surface area contributed by atoms with Gasteiger partial charge in [0.2, 0.25) is 0 Å². The second-order valence-corrected chi connectivity index (χ2v) is 6.20. The Kier molecular flexibility index (Phi) is 6.32. The number of hydrogen-bond acceptors (Lipinski definition) is 4. The van der Waals surface area contributed by atoms with Gasteiger partial charge in [-0.2, -0.15) is 5.26 Å². The lowest BCUT2D eigenvalue weighted by atomic mass is 10.0. The Bertz CT molecular complexity index is 999. The number of carbonyl (C=O) groups is 1. The molecule has 3 aromatic rings. The summed E-state index contributed by atoms with van der Waals surface area (Å²) >= 11 is 0. The van der Waals surface area contributed by atoms with Crippen LogP contribution in [0.1, 0.15) is 22.3 Å². The third-order valence-corrected chi connectivity index (χ3v) is 4.11. The maximum atomic E-state index is 14.0. The Morgan fingerprint density at radius 1 is 1.07 bits per heavy atom. The minimum Gasteiger partial charge on any atom is -0.384 e. The molecule has 2 aromatic carbocycles. The molecule has 2 N–H and O–H groups in total. The summed E-state index contributed by atoms with van der Waals surface area (Å²) in [7, 11) is 0. The number of hydrogen-bond donors (Lipinski definition) is 2. The lowest BCUT2D eigenvalue weighted by Gasteiger charge is -2.09. The molecule has 140 valence electrons. The number of nitrogens with one attached hydrogen (secondary N) is 2. The van der Waals surface area contributed by atoms with Gasteiger partial charge in [-0.1, -0.05) is 12.1 Å². The predicted molar refractivity (Wildman–Crippen MR) is 106 cm³/mol. The molecular weight excluding hydrogens is 355 g/mol. The number of benzene rings is 2. The lowest BCUT2D eigenvalue weighted by Crippen LogP contribution is -2.26. The summed E-state index contributed by atoms with van der Waals surface area (Å²) in [5.41, 5.74) is 2.89. The van der Waals surface area contributed by atoms with E-state index in [2.05, 4.69) is 21.7 Å². The molecule has 0 unspecified atom stereocenters. The third-order valence-electron chi connectivity index (χ3n) is 4.11. The van der Waals surface area contributed by atoms with Crippen LogP contribution in [0.25, 0.3) is 11.1 Å². The number of halogens is 1. The molecule has 1 amide bonds. The molecule has 0 spiro atoms. The van der Waals surface area contributed by atoms with Crippen molar-refractivity contribution in [3.05, 3.63) is 83.9 Å². The first kappa shape index (κ1) is 19.1. The van der Waals surface area contributed by atoms with Crippen LogP contribution in [0, 0.1) is 17.1 Å². The Morgan fingerprint density at radius 3 is 2.75 bits per heavy atom. The molecule has 1 heterocycles. The Labute approximate surface area is 162 Å². The number of amides is 1. The maximum absolute atomic E-state index is 14.0. The highest BCUT2D eigenvalue weighted by Gasteiger charge is 2.10. The molecule has 0 aliphatic carbocycles. The first-order chi connectivity index (χ1) is 13.7. The Balaban J connectivity index is 1.59. The predicted octanol–water partition coefficient (Wildman–Crippen LogP) is 3.99. The van der Waals surface area contributed by atoms with Gasteiger partial charge in [-0.25, -0.2) is 4.39 Å². The topological polar surface area (TPSA) is 77.8 Å². The summed E-state index contributed by atoms with van der Waals surface area (Å²) in [5.74, 6) is -0.832. The van der Waals surface area contributed by atoms with Gasteiger partial charge < -0.3 is 10.6 Å². The lowest BCUT2D eigenvalue weighted by molar-refractivity contribution is 0.0953. The molecule has 5 nitrogen and oxygen atoms in total. The molecule has 28 heavy (non-hydrogen) atoms. The monoisotopic (exact) mass is 374 g/mol. The summed E-state index contributed by atoms with van der Waals surface area (Å²) in [6, 6.07) is 16.9. The van der Waals surface area contributed by atoms with E-state index in [1.165, 1.54) is 12.1 Å². The van der Waals surface area contributed by atoms with Crippen LogP contribution in [-0.2, 0) is 0 Å². The van der Waals surface area contributed by atoms with E-state index in [0.717, 1.165) is 5.69 Å². The molecule has 3 rings (SSSR count). The van der Waals surface area contributed by atoms with Crippen LogP contribution in [0.3, 0.4) is 0 Å². The molecule has 6 heteroatoms. The van der Waals surface area contributed by atoms with E-state index in [4.69, 9.17) is 5.26 Å². The van der Waals surface area contributed by atoms with Gasteiger partial charge in [0.05, 0.1) is 17.3 Å². The summed E-state index contributed by atoms with van der Waals surface area (Å²) < 4.78 is 14.0. The number of pyridine rings is 1. The fourth-order valence-corrected chi connectivity index (χ4v) is 2.75. The standard InChI is InChI=1S/C22H19FN4O/c23-20-12-18(17-5-1-4-16(10-17)14-24)11-19(13-20)22(28)27-9-3-8-26-21-6-2-7-25-15-21/h1-2,4-7,10-13,15,26H,3,8-9H2,(H,27,28). The van der Waals surface area contributed by atoms with Gasteiger partial charge in [0, 0.05) is 31.0 Å². The van der Waals surface area contributed by atoms with Gasteiger partial charge in [0.25, 0.3) is 5.91 Å². The van der Waals surface area contributed by atoms with Crippen LogP contribution in [-0.4, -0.2) is 24.0 Å². The highest BCUT2D eigenvalue weighted by molar-refractivity contribution is 5.95. The van der Waals surface area contributed by atoms with E-state index in [1.807, 2.05) is 12.1 Å². The fraction of sp³-hybridized carbons (Fsp3) is 0.136. The Hall–Kier alpha value is -3.72. The maximum Gasteiger partial charge on any atom is 0.251 e. The summed E-state index contributed by atoms with van der Waals surface area (Å²) in [6.07, 6.45) is 4.15. The summed E-state index contributed by atoms with van der Waals surface area (Å²) in [5, 5.41) is 15.0. The quantitative estimate of drug-likeness (QED) is 0.613. The average molecular weight is 374 g/mol. The zero-order chi connectivity index (χ0) is 19.8. The molecular formula is C22H19FN4O. The Morgan fingerprint density at radius 2 is 1.96 bits per heavy atom. The molecule has 0 atom stereocenters. The van der Waals surface area contributed by atoms with Crippen LogP contribution in [0.2, 0.25) is 0 Å². The number of rotatable bonds is 7. The zero-order valence-electron chi connectivity index (χ0n) is 15.2. The van der Waals surface area contributed by atoms with Crippen molar-refractivity contribution in [2.24, 2.45) is 0 Å². The van der Waals surface area contributed by atoms with E-state index in [0.29, 0.717) is 36.2 Å². The first-order valence-corrected chi connectivity index (χ1v) is 8.89. The van der Waals surface area contributed by atoms with Gasteiger partial charge in [-0.15, -0.1) is 0 Å². The third kappa shape index (κ3) is 5.15. The minimum atomic E-state index is -0.497. The largest absolute Gasteiger partial charge is 0.384 e. The smallest absolute Gasteiger partial charge is 0.251 e. The zero-order valence-corrected chi connectivity index (χ0v) is 15.2. The molecule has 0 fully saturated rings. The number of anilines is 1. The van der Waals surface area contributed by atoms with Gasteiger partial charge in [-0.05, 0) is 60.0 Å². The average Bonchev–Trinajstić information content (AvgIpc) is 2.73. The highest BCUT2D eigenvalue weighted by atomic mass is 19.1. The van der Waals surface area contributed by atoms with Crippen molar-refractivity contribution in [1.82, 2.24) is 10.3 Å². The van der Waals surface area contributed by atoms with Crippen molar-refractivity contribution in [2.75, 3.05) is 18.4 Å².